The van der Waals surface area contributed by atoms with E-state index >= 15 is 0 Å². The molecule has 0 heterocycles. The van der Waals surface area contributed by atoms with E-state index < -0.39 is 11.3 Å². The van der Waals surface area contributed by atoms with Crippen LogP contribution >= 0.6 is 27.5 Å². The van der Waals surface area contributed by atoms with Gasteiger partial charge in [-0.05, 0) is 24.1 Å². The minimum Gasteiger partial charge on any atom is -0.298 e. The first-order chi connectivity index (χ1) is 7.47. The normalized spacial score (nSPS) is 12.9. The topological polar surface area (TPSA) is 17.1 Å². The molecule has 1 unspecified atom stereocenters. The van der Waals surface area contributed by atoms with E-state index in [1.165, 1.54) is 25.1 Å². The summed E-state index contributed by atoms with van der Waals surface area (Å²) in [5.41, 5.74) is 1.12. The Bertz CT molecular complexity index is 396. The molecule has 1 aromatic rings. The predicted molar refractivity (Wildman–Crippen MR) is 63.3 cm³/mol. The van der Waals surface area contributed by atoms with E-state index in [-0.39, 0.29) is 17.2 Å². The maximum atomic E-state index is 12.5. The molecule has 5 heteroatoms. The monoisotopic (exact) mass is 310 g/mol. The van der Waals surface area contributed by atoms with E-state index in [1.807, 2.05) is 0 Å². The number of ketones is 1. The summed E-state index contributed by atoms with van der Waals surface area (Å²) in [6.07, 6.45) is -2.53. The number of hydrogen-bond acceptors (Lipinski definition) is 1. The molecule has 1 atom stereocenters. The average molecular weight is 312 g/mol. The Labute approximate surface area is 106 Å². The zero-order valence-corrected chi connectivity index (χ0v) is 10.9. The molecule has 1 nitrogen and oxygen atoms in total. The molecule has 0 aliphatic carbocycles. The van der Waals surface area contributed by atoms with E-state index in [0.29, 0.717) is 11.1 Å². The van der Waals surface area contributed by atoms with Crippen molar-refractivity contribution >= 4 is 33.3 Å². The van der Waals surface area contributed by atoms with Crippen molar-refractivity contribution in [2.45, 2.75) is 24.1 Å². The van der Waals surface area contributed by atoms with Gasteiger partial charge in [0, 0.05) is 11.4 Å². The van der Waals surface area contributed by atoms with Gasteiger partial charge in [-0.1, -0.05) is 28.1 Å². The Hall–Kier alpha value is -0.480. The minimum atomic E-state index is -2.53. The van der Waals surface area contributed by atoms with Gasteiger partial charge in [-0.3, -0.25) is 4.79 Å². The Balaban J connectivity index is 3.16. The van der Waals surface area contributed by atoms with Crippen molar-refractivity contribution in [2.24, 2.45) is 0 Å². The average Bonchev–Trinajstić information content (AvgIpc) is 2.26. The lowest BCUT2D eigenvalue weighted by Crippen LogP contribution is -2.04. The highest BCUT2D eigenvalue weighted by atomic mass is 79.9. The summed E-state index contributed by atoms with van der Waals surface area (Å²) in [6.45, 7) is 1.43. The smallest absolute Gasteiger partial charge is 0.263 e. The molecule has 0 N–H and O–H groups in total. The van der Waals surface area contributed by atoms with Gasteiger partial charge in [-0.2, -0.15) is 0 Å². The summed E-state index contributed by atoms with van der Waals surface area (Å²) in [6, 6.07) is 4.16. The minimum absolute atomic E-state index is 0.0809. The van der Waals surface area contributed by atoms with E-state index in [0.717, 1.165) is 0 Å². The number of alkyl halides is 4. The summed E-state index contributed by atoms with van der Waals surface area (Å²) in [4.78, 5) is 10.7. The van der Waals surface area contributed by atoms with Crippen LogP contribution in [0.25, 0.3) is 0 Å². The summed E-state index contributed by atoms with van der Waals surface area (Å²) in [5.74, 6) is 0.0156. The van der Waals surface area contributed by atoms with Gasteiger partial charge in [0.15, 0.2) is 0 Å². The number of rotatable bonds is 4. The fourth-order valence-corrected chi connectivity index (χ4v) is 2.02. The third-order valence-corrected chi connectivity index (χ3v) is 3.62. The lowest BCUT2D eigenvalue weighted by atomic mass is 10.0. The summed E-state index contributed by atoms with van der Waals surface area (Å²) in [7, 11) is 0. The van der Waals surface area contributed by atoms with E-state index in [4.69, 9.17) is 11.6 Å². The molecular formula is C11H10BrClF2O. The number of benzene rings is 1. The molecule has 0 aliphatic heterocycles. The van der Waals surface area contributed by atoms with Crippen molar-refractivity contribution in [2.75, 3.05) is 0 Å². The Morgan fingerprint density at radius 2 is 2.12 bits per heavy atom. The van der Waals surface area contributed by atoms with Crippen LogP contribution in [0.5, 0.6) is 0 Å². The molecule has 0 saturated heterocycles. The van der Waals surface area contributed by atoms with Crippen molar-refractivity contribution in [3.05, 3.63) is 34.9 Å². The first kappa shape index (κ1) is 13.6. The summed E-state index contributed by atoms with van der Waals surface area (Å²) in [5, 5.41) is 0. The van der Waals surface area contributed by atoms with Crippen LogP contribution < -0.4 is 0 Å². The van der Waals surface area contributed by atoms with Crippen LogP contribution in [-0.4, -0.2) is 5.78 Å². The number of carbonyl (C=O) groups is 1. The lowest BCUT2D eigenvalue weighted by Gasteiger charge is -2.12. The van der Waals surface area contributed by atoms with Gasteiger partial charge in [0.25, 0.3) is 6.43 Å². The third-order valence-electron chi connectivity index (χ3n) is 2.19. The van der Waals surface area contributed by atoms with Crippen molar-refractivity contribution < 1.29 is 13.6 Å². The van der Waals surface area contributed by atoms with Crippen LogP contribution in [0.2, 0.25) is 0 Å². The second-order valence-electron chi connectivity index (χ2n) is 3.37. The second-order valence-corrected chi connectivity index (χ2v) is 4.55. The lowest BCUT2D eigenvalue weighted by molar-refractivity contribution is -0.116. The van der Waals surface area contributed by atoms with Crippen molar-refractivity contribution in [1.82, 2.24) is 0 Å². The molecule has 0 amide bonds. The quantitative estimate of drug-likeness (QED) is 0.754. The van der Waals surface area contributed by atoms with Gasteiger partial charge in [0.1, 0.15) is 5.78 Å². The summed E-state index contributed by atoms with van der Waals surface area (Å²) < 4.78 is 24.9. The maximum Gasteiger partial charge on any atom is 0.263 e. The highest BCUT2D eigenvalue weighted by molar-refractivity contribution is 9.09. The van der Waals surface area contributed by atoms with Crippen molar-refractivity contribution in [1.29, 1.82) is 0 Å². The van der Waals surface area contributed by atoms with Crippen LogP contribution in [0.4, 0.5) is 8.78 Å². The van der Waals surface area contributed by atoms with Gasteiger partial charge in [-0.15, -0.1) is 11.6 Å². The molecule has 1 rings (SSSR count). The van der Waals surface area contributed by atoms with Crippen LogP contribution in [0.15, 0.2) is 18.2 Å². The van der Waals surface area contributed by atoms with Gasteiger partial charge in [-0.25, -0.2) is 8.78 Å². The highest BCUT2D eigenvalue weighted by Gasteiger charge is 2.18. The molecule has 1 aromatic carbocycles. The van der Waals surface area contributed by atoms with Crippen molar-refractivity contribution in [3.8, 4) is 0 Å². The van der Waals surface area contributed by atoms with Crippen LogP contribution in [0.3, 0.4) is 0 Å². The van der Waals surface area contributed by atoms with E-state index in [9.17, 15) is 13.6 Å². The van der Waals surface area contributed by atoms with Crippen LogP contribution in [0, 0.1) is 0 Å². The molecule has 0 radical (unpaired) electrons. The fourth-order valence-electron chi connectivity index (χ4n) is 1.34. The molecule has 88 valence electrons. The zero-order chi connectivity index (χ0) is 12.3. The van der Waals surface area contributed by atoms with Gasteiger partial charge in [0.05, 0.1) is 4.83 Å². The predicted octanol–water partition coefficient (Wildman–Crippen LogP) is 4.39. The largest absolute Gasteiger partial charge is 0.298 e. The standard InChI is InChI=1S/C11H10BrClF2O/c1-6(16)10(12)9-3-2-7(11(14)15)4-8(9)5-13/h2-4,10-11H,5H2,1H3. The van der Waals surface area contributed by atoms with Gasteiger partial charge >= 0.3 is 0 Å². The van der Waals surface area contributed by atoms with Gasteiger partial charge in [0.2, 0.25) is 0 Å². The zero-order valence-electron chi connectivity index (χ0n) is 8.51. The molecule has 0 saturated carbocycles. The third kappa shape index (κ3) is 3.01. The maximum absolute atomic E-state index is 12.5. The number of hydrogen-bond donors (Lipinski definition) is 0. The second kappa shape index (κ2) is 5.73. The Morgan fingerprint density at radius 3 is 2.56 bits per heavy atom. The Kier molecular flexibility index (Phi) is 4.87. The van der Waals surface area contributed by atoms with Crippen molar-refractivity contribution in [3.63, 3.8) is 0 Å². The number of carbonyl (C=O) groups excluding carboxylic acids is 1. The summed E-state index contributed by atoms with van der Waals surface area (Å²) >= 11 is 8.89. The molecule has 16 heavy (non-hydrogen) atoms. The fraction of sp³-hybridized carbons (Fsp3) is 0.364. The highest BCUT2D eigenvalue weighted by Crippen LogP contribution is 2.31. The number of Topliss-reactive ketones (excluding diaryl/α,β-unsaturated/α-hetero) is 1. The molecular weight excluding hydrogens is 301 g/mol. The van der Waals surface area contributed by atoms with Crippen LogP contribution in [0.1, 0.15) is 34.9 Å². The molecule has 0 fully saturated rings. The molecule has 0 aromatic heterocycles. The SMILES string of the molecule is CC(=O)C(Br)c1ccc(C(F)F)cc1CCl. The first-order valence-electron chi connectivity index (χ1n) is 4.58. The Morgan fingerprint density at radius 1 is 1.50 bits per heavy atom. The number of halogens is 4. The first-order valence-corrected chi connectivity index (χ1v) is 6.03. The van der Waals surface area contributed by atoms with E-state index in [2.05, 4.69) is 15.9 Å². The molecule has 0 aliphatic rings. The van der Waals surface area contributed by atoms with E-state index in [1.54, 1.807) is 0 Å². The molecule has 0 bridgehead atoms. The molecule has 0 spiro atoms. The van der Waals surface area contributed by atoms with Gasteiger partial charge < -0.3 is 0 Å². The van der Waals surface area contributed by atoms with Crippen LogP contribution in [-0.2, 0) is 10.7 Å².